The second-order valence-corrected chi connectivity index (χ2v) is 3.65. The van der Waals surface area contributed by atoms with Crippen LogP contribution in [0, 0.1) is 5.92 Å². The molecule has 1 heterocycles. The lowest BCUT2D eigenvalue weighted by Gasteiger charge is -2.06. The Morgan fingerprint density at radius 3 is 2.75 bits per heavy atom. The van der Waals surface area contributed by atoms with Gasteiger partial charge in [-0.05, 0) is 12.8 Å². The summed E-state index contributed by atoms with van der Waals surface area (Å²) in [6.07, 6.45) is 5.19. The maximum Gasteiger partial charge on any atom is 0.186 e. The first-order valence-electron chi connectivity index (χ1n) is 4.80. The van der Waals surface area contributed by atoms with Gasteiger partial charge in [-0.1, -0.05) is 12.8 Å². The van der Waals surface area contributed by atoms with E-state index in [9.17, 15) is 0 Å². The number of ether oxygens (including phenoxy) is 1. The molecule has 1 aliphatic carbocycles. The standard InChI is InChI=1S/C9H16N2O/c10-5-8-6-12-9(11-8)7-3-1-2-4-7/h7-8H,1-6,10H2. The Labute approximate surface area is 73.0 Å². The molecule has 3 nitrogen and oxygen atoms in total. The van der Waals surface area contributed by atoms with E-state index in [1.165, 1.54) is 25.7 Å². The minimum atomic E-state index is 0.237. The number of nitrogens with zero attached hydrogens (tertiary/aromatic N) is 1. The molecule has 3 heteroatoms. The lowest BCUT2D eigenvalue weighted by atomic mass is 10.1. The van der Waals surface area contributed by atoms with E-state index in [1.807, 2.05) is 0 Å². The Morgan fingerprint density at radius 1 is 1.42 bits per heavy atom. The molecule has 0 aromatic carbocycles. The molecular weight excluding hydrogens is 152 g/mol. The molecule has 0 bridgehead atoms. The van der Waals surface area contributed by atoms with Gasteiger partial charge in [-0.3, -0.25) is 0 Å². The van der Waals surface area contributed by atoms with Crippen LogP contribution in [-0.4, -0.2) is 25.1 Å². The van der Waals surface area contributed by atoms with Gasteiger partial charge in [-0.2, -0.15) is 0 Å². The maximum absolute atomic E-state index is 5.51. The zero-order valence-corrected chi connectivity index (χ0v) is 7.33. The van der Waals surface area contributed by atoms with Crippen molar-refractivity contribution in [3.8, 4) is 0 Å². The molecule has 0 spiro atoms. The quantitative estimate of drug-likeness (QED) is 0.667. The third kappa shape index (κ3) is 1.46. The highest BCUT2D eigenvalue weighted by Gasteiger charge is 2.27. The smallest absolute Gasteiger partial charge is 0.186 e. The molecule has 1 fully saturated rings. The molecular formula is C9H16N2O. The predicted molar refractivity (Wildman–Crippen MR) is 48.2 cm³/mol. The van der Waals surface area contributed by atoms with E-state index in [0.717, 1.165) is 5.90 Å². The molecule has 0 aromatic heterocycles. The van der Waals surface area contributed by atoms with Crippen molar-refractivity contribution in [1.82, 2.24) is 0 Å². The molecule has 2 rings (SSSR count). The van der Waals surface area contributed by atoms with Crippen LogP contribution in [0.4, 0.5) is 0 Å². The van der Waals surface area contributed by atoms with Crippen LogP contribution < -0.4 is 5.73 Å². The molecule has 2 aliphatic rings. The van der Waals surface area contributed by atoms with Crippen molar-refractivity contribution in [2.45, 2.75) is 31.7 Å². The van der Waals surface area contributed by atoms with E-state index in [4.69, 9.17) is 10.5 Å². The van der Waals surface area contributed by atoms with E-state index < -0.39 is 0 Å². The van der Waals surface area contributed by atoms with Crippen LogP contribution >= 0.6 is 0 Å². The van der Waals surface area contributed by atoms with Crippen molar-refractivity contribution in [3.63, 3.8) is 0 Å². The van der Waals surface area contributed by atoms with E-state index in [0.29, 0.717) is 19.1 Å². The monoisotopic (exact) mass is 168 g/mol. The lowest BCUT2D eigenvalue weighted by Crippen LogP contribution is -2.18. The summed E-state index contributed by atoms with van der Waals surface area (Å²) in [5.74, 6) is 1.60. The molecule has 1 saturated carbocycles. The van der Waals surface area contributed by atoms with Crippen molar-refractivity contribution in [2.24, 2.45) is 16.6 Å². The first-order valence-corrected chi connectivity index (χ1v) is 4.80. The summed E-state index contributed by atoms with van der Waals surface area (Å²) in [5, 5.41) is 0. The van der Waals surface area contributed by atoms with Crippen molar-refractivity contribution in [2.75, 3.05) is 13.2 Å². The molecule has 2 N–H and O–H groups in total. The van der Waals surface area contributed by atoms with Gasteiger partial charge in [-0.15, -0.1) is 0 Å². The number of rotatable bonds is 2. The van der Waals surface area contributed by atoms with E-state index in [1.54, 1.807) is 0 Å². The van der Waals surface area contributed by atoms with Crippen molar-refractivity contribution >= 4 is 5.90 Å². The second-order valence-electron chi connectivity index (χ2n) is 3.65. The summed E-state index contributed by atoms with van der Waals surface area (Å²) in [6, 6.07) is 0.237. The fourth-order valence-electron chi connectivity index (χ4n) is 1.95. The Balaban J connectivity index is 1.95. The zero-order chi connectivity index (χ0) is 8.39. The topological polar surface area (TPSA) is 47.6 Å². The average Bonchev–Trinajstić information content (AvgIpc) is 2.75. The normalized spacial score (nSPS) is 30.4. The first kappa shape index (κ1) is 8.05. The molecule has 68 valence electrons. The third-order valence-corrected chi connectivity index (χ3v) is 2.71. The van der Waals surface area contributed by atoms with Gasteiger partial charge in [0.25, 0.3) is 0 Å². The third-order valence-electron chi connectivity index (χ3n) is 2.71. The van der Waals surface area contributed by atoms with Crippen LogP contribution in [0.3, 0.4) is 0 Å². The molecule has 0 saturated heterocycles. The molecule has 1 atom stereocenters. The Kier molecular flexibility index (Phi) is 2.30. The highest BCUT2D eigenvalue weighted by Crippen LogP contribution is 2.28. The summed E-state index contributed by atoms with van der Waals surface area (Å²) in [7, 11) is 0. The van der Waals surface area contributed by atoms with Gasteiger partial charge in [0.1, 0.15) is 6.61 Å². The van der Waals surface area contributed by atoms with Gasteiger partial charge in [0, 0.05) is 12.5 Å². The fourth-order valence-corrected chi connectivity index (χ4v) is 1.95. The minimum Gasteiger partial charge on any atom is -0.478 e. The van der Waals surface area contributed by atoms with Crippen LogP contribution in [0.25, 0.3) is 0 Å². The molecule has 0 radical (unpaired) electrons. The van der Waals surface area contributed by atoms with Crippen LogP contribution in [0.5, 0.6) is 0 Å². The zero-order valence-electron chi connectivity index (χ0n) is 7.33. The Morgan fingerprint density at radius 2 is 2.17 bits per heavy atom. The lowest BCUT2D eigenvalue weighted by molar-refractivity contribution is 0.299. The number of hydrogen-bond donors (Lipinski definition) is 1. The number of nitrogens with two attached hydrogens (primary N) is 1. The summed E-state index contributed by atoms with van der Waals surface area (Å²) in [6.45, 7) is 1.33. The van der Waals surface area contributed by atoms with Crippen molar-refractivity contribution < 1.29 is 4.74 Å². The Bertz CT molecular complexity index is 185. The summed E-state index contributed by atoms with van der Waals surface area (Å²) >= 11 is 0. The van der Waals surface area contributed by atoms with Crippen molar-refractivity contribution in [3.05, 3.63) is 0 Å². The van der Waals surface area contributed by atoms with Crippen LogP contribution in [0.2, 0.25) is 0 Å². The highest BCUT2D eigenvalue weighted by atomic mass is 16.5. The molecule has 1 aliphatic heterocycles. The maximum atomic E-state index is 5.51. The highest BCUT2D eigenvalue weighted by molar-refractivity contribution is 5.80. The van der Waals surface area contributed by atoms with Gasteiger partial charge in [0.05, 0.1) is 6.04 Å². The molecule has 12 heavy (non-hydrogen) atoms. The van der Waals surface area contributed by atoms with Gasteiger partial charge in [0.2, 0.25) is 0 Å². The van der Waals surface area contributed by atoms with E-state index in [2.05, 4.69) is 4.99 Å². The van der Waals surface area contributed by atoms with E-state index >= 15 is 0 Å². The van der Waals surface area contributed by atoms with Gasteiger partial charge >= 0.3 is 0 Å². The second kappa shape index (κ2) is 3.44. The van der Waals surface area contributed by atoms with Crippen LogP contribution in [0.1, 0.15) is 25.7 Å². The van der Waals surface area contributed by atoms with Crippen LogP contribution in [-0.2, 0) is 4.74 Å². The molecule has 0 amide bonds. The summed E-state index contributed by atoms with van der Waals surface area (Å²) in [5.41, 5.74) is 5.51. The number of aliphatic imine (C=N–C) groups is 1. The van der Waals surface area contributed by atoms with Crippen molar-refractivity contribution in [1.29, 1.82) is 0 Å². The SMILES string of the molecule is NCC1COC(C2CCCC2)=N1. The summed E-state index contributed by atoms with van der Waals surface area (Å²) < 4.78 is 5.51. The largest absolute Gasteiger partial charge is 0.478 e. The predicted octanol–water partition coefficient (Wildman–Crippen LogP) is 0.933. The summed E-state index contributed by atoms with van der Waals surface area (Å²) in [4.78, 5) is 4.46. The molecule has 0 aromatic rings. The van der Waals surface area contributed by atoms with Gasteiger partial charge in [-0.25, -0.2) is 4.99 Å². The van der Waals surface area contributed by atoms with E-state index in [-0.39, 0.29) is 6.04 Å². The van der Waals surface area contributed by atoms with Gasteiger partial charge < -0.3 is 10.5 Å². The average molecular weight is 168 g/mol. The Hall–Kier alpha value is -0.570. The first-order chi connectivity index (χ1) is 5.90. The fraction of sp³-hybridized carbons (Fsp3) is 0.889. The van der Waals surface area contributed by atoms with Gasteiger partial charge in [0.15, 0.2) is 5.90 Å². The molecule has 1 unspecified atom stereocenters. The van der Waals surface area contributed by atoms with Crippen LogP contribution in [0.15, 0.2) is 4.99 Å². The minimum absolute atomic E-state index is 0.237. The number of hydrogen-bond acceptors (Lipinski definition) is 3.